The van der Waals surface area contributed by atoms with Gasteiger partial charge in [0.2, 0.25) is 6.79 Å². The van der Waals surface area contributed by atoms with E-state index >= 15 is 0 Å². The molecule has 0 N–H and O–H groups in total. The van der Waals surface area contributed by atoms with Crippen LogP contribution in [0, 0.1) is 0 Å². The van der Waals surface area contributed by atoms with Crippen molar-refractivity contribution in [2.24, 2.45) is 0 Å². The molecule has 0 atom stereocenters. The third-order valence-corrected chi connectivity index (χ3v) is 6.04. The van der Waals surface area contributed by atoms with Crippen LogP contribution in [0.2, 0.25) is 0 Å². The monoisotopic (exact) mass is 428 g/mol. The first-order valence-electron chi connectivity index (χ1n) is 10.5. The quantitative estimate of drug-likeness (QED) is 0.462. The van der Waals surface area contributed by atoms with Gasteiger partial charge in [0.25, 0.3) is 0 Å². The fraction of sp³-hybridized carbons (Fsp3) is 0.192. The molecule has 3 aromatic carbocycles. The van der Waals surface area contributed by atoms with E-state index in [9.17, 15) is 4.79 Å². The molecule has 160 valence electrons. The van der Waals surface area contributed by atoms with Crippen molar-refractivity contribution in [1.82, 2.24) is 0 Å². The molecule has 2 heterocycles. The van der Waals surface area contributed by atoms with Crippen molar-refractivity contribution in [2.75, 3.05) is 13.9 Å². The van der Waals surface area contributed by atoms with Crippen LogP contribution in [0.4, 0.5) is 0 Å². The second kappa shape index (κ2) is 7.34. The van der Waals surface area contributed by atoms with Crippen LogP contribution >= 0.6 is 0 Å². The lowest BCUT2D eigenvalue weighted by Crippen LogP contribution is -2.11. The fourth-order valence-electron chi connectivity index (χ4n) is 4.45. The summed E-state index contributed by atoms with van der Waals surface area (Å²) in [5, 5.41) is 1.31. The molecule has 6 nitrogen and oxygen atoms in total. The maximum atomic E-state index is 12.9. The van der Waals surface area contributed by atoms with E-state index in [4.69, 9.17) is 23.4 Å². The number of hydrogen-bond acceptors (Lipinski definition) is 6. The zero-order chi connectivity index (χ0) is 21.7. The molecule has 0 saturated heterocycles. The van der Waals surface area contributed by atoms with E-state index in [0.29, 0.717) is 35.0 Å². The molecular weight excluding hydrogens is 408 g/mol. The van der Waals surface area contributed by atoms with E-state index in [2.05, 4.69) is 0 Å². The highest BCUT2D eigenvalue weighted by Crippen LogP contribution is 2.44. The molecule has 32 heavy (non-hydrogen) atoms. The summed E-state index contributed by atoms with van der Waals surface area (Å²) in [6, 6.07) is 17.4. The zero-order valence-electron chi connectivity index (χ0n) is 17.5. The third-order valence-electron chi connectivity index (χ3n) is 6.04. The van der Waals surface area contributed by atoms with Crippen LogP contribution in [0.5, 0.6) is 23.0 Å². The van der Waals surface area contributed by atoms with Crippen molar-refractivity contribution in [2.45, 2.75) is 19.4 Å². The third kappa shape index (κ3) is 2.99. The molecule has 2 aliphatic rings. The molecule has 6 rings (SSSR count). The van der Waals surface area contributed by atoms with Crippen LogP contribution in [-0.2, 0) is 19.4 Å². The Hall–Kier alpha value is -3.93. The highest BCUT2D eigenvalue weighted by atomic mass is 16.7. The van der Waals surface area contributed by atoms with E-state index < -0.39 is 5.63 Å². The fourth-order valence-corrected chi connectivity index (χ4v) is 4.45. The van der Waals surface area contributed by atoms with Crippen LogP contribution in [-0.4, -0.2) is 13.9 Å². The maximum Gasteiger partial charge on any atom is 0.344 e. The number of ether oxygens (including phenoxy) is 4. The Bertz CT molecular complexity index is 1400. The molecule has 0 fully saturated rings. The van der Waals surface area contributed by atoms with E-state index in [1.807, 2.05) is 48.5 Å². The number of rotatable bonds is 4. The highest BCUT2D eigenvalue weighted by molar-refractivity contribution is 5.92. The number of benzene rings is 3. The lowest BCUT2D eigenvalue weighted by molar-refractivity contribution is 0.174. The average Bonchev–Trinajstić information content (AvgIpc) is 3.29. The van der Waals surface area contributed by atoms with Gasteiger partial charge in [0.15, 0.2) is 23.0 Å². The molecule has 0 spiro atoms. The minimum atomic E-state index is -0.405. The largest absolute Gasteiger partial charge is 0.493 e. The van der Waals surface area contributed by atoms with Gasteiger partial charge in [0.05, 0.1) is 12.5 Å². The number of aryl methyl sites for hydroxylation is 2. The Morgan fingerprint density at radius 1 is 0.906 bits per heavy atom. The van der Waals surface area contributed by atoms with Crippen molar-refractivity contribution in [3.05, 3.63) is 81.7 Å². The summed E-state index contributed by atoms with van der Waals surface area (Å²) in [5.41, 5.74) is 3.58. The molecule has 0 saturated carbocycles. The summed E-state index contributed by atoms with van der Waals surface area (Å²) >= 11 is 0. The smallest absolute Gasteiger partial charge is 0.344 e. The molecule has 1 aliphatic heterocycles. The van der Waals surface area contributed by atoms with Gasteiger partial charge in [-0.15, -0.1) is 0 Å². The van der Waals surface area contributed by atoms with Gasteiger partial charge < -0.3 is 23.4 Å². The topological polar surface area (TPSA) is 67.1 Å². The van der Waals surface area contributed by atoms with Gasteiger partial charge in [-0.25, -0.2) is 4.79 Å². The summed E-state index contributed by atoms with van der Waals surface area (Å²) in [6.07, 6.45) is 1.56. The summed E-state index contributed by atoms with van der Waals surface area (Å²) < 4.78 is 28.5. The predicted octanol–water partition coefficient (Wildman–Crippen LogP) is 4.87. The first-order valence-corrected chi connectivity index (χ1v) is 10.5. The van der Waals surface area contributed by atoms with Gasteiger partial charge in [-0.1, -0.05) is 30.3 Å². The van der Waals surface area contributed by atoms with E-state index in [1.54, 1.807) is 13.2 Å². The van der Waals surface area contributed by atoms with Gasteiger partial charge in [0.1, 0.15) is 12.4 Å². The van der Waals surface area contributed by atoms with Gasteiger partial charge in [-0.3, -0.25) is 0 Å². The van der Waals surface area contributed by atoms with Gasteiger partial charge in [0, 0.05) is 11.1 Å². The van der Waals surface area contributed by atoms with Crippen molar-refractivity contribution in [1.29, 1.82) is 0 Å². The van der Waals surface area contributed by atoms with Crippen LogP contribution in [0.15, 0.2) is 63.8 Å². The molecule has 4 aromatic rings. The first-order chi connectivity index (χ1) is 15.7. The van der Waals surface area contributed by atoms with E-state index in [1.165, 1.54) is 0 Å². The van der Waals surface area contributed by atoms with Crippen LogP contribution in [0.3, 0.4) is 0 Å². The Labute approximate surface area is 183 Å². The molecule has 0 bridgehead atoms. The molecular formula is C26H20O6. The number of fused-ring (bicyclic) bond motifs is 6. The van der Waals surface area contributed by atoms with Crippen LogP contribution in [0.1, 0.15) is 16.7 Å². The SMILES string of the molecule is COc1cc2c(=O)oc3c(c2cc1OCc1ccccc1)CCc1cc2c(cc1-3)OCO2. The zero-order valence-corrected chi connectivity index (χ0v) is 17.5. The minimum Gasteiger partial charge on any atom is -0.493 e. The van der Waals surface area contributed by atoms with Crippen molar-refractivity contribution < 1.29 is 23.4 Å². The Morgan fingerprint density at radius 2 is 1.69 bits per heavy atom. The molecule has 1 aliphatic carbocycles. The van der Waals surface area contributed by atoms with Gasteiger partial charge in [-0.05, 0) is 53.6 Å². The Balaban J connectivity index is 1.49. The first kappa shape index (κ1) is 18.8. The Morgan fingerprint density at radius 3 is 2.50 bits per heavy atom. The van der Waals surface area contributed by atoms with Crippen molar-refractivity contribution >= 4 is 10.8 Å². The lowest BCUT2D eigenvalue weighted by Gasteiger charge is -2.21. The standard InChI is InChI=1S/C26H20O6/c1-28-21-12-20-19(11-23(21)29-13-15-5-3-2-4-6-15)17-8-7-16-9-22-24(31-14-30-22)10-18(16)25(17)32-26(20)27/h2-6,9-12H,7-8,13-14H2,1H3. The van der Waals surface area contributed by atoms with Crippen molar-refractivity contribution in [3.63, 3.8) is 0 Å². The van der Waals surface area contributed by atoms with Gasteiger partial charge in [-0.2, -0.15) is 0 Å². The molecule has 6 heteroatoms. The normalized spacial score (nSPS) is 13.5. The van der Waals surface area contributed by atoms with Gasteiger partial charge >= 0.3 is 5.63 Å². The minimum absolute atomic E-state index is 0.203. The summed E-state index contributed by atoms with van der Waals surface area (Å²) in [5.74, 6) is 3.08. The molecule has 0 radical (unpaired) electrons. The molecule has 0 unspecified atom stereocenters. The Kier molecular flexibility index (Phi) is 4.31. The molecule has 0 amide bonds. The van der Waals surface area contributed by atoms with Crippen LogP contribution in [0.25, 0.3) is 22.1 Å². The highest BCUT2D eigenvalue weighted by Gasteiger charge is 2.27. The second-order valence-electron chi connectivity index (χ2n) is 7.88. The summed E-state index contributed by atoms with van der Waals surface area (Å²) in [7, 11) is 1.56. The molecule has 1 aromatic heterocycles. The number of hydrogen-bond donors (Lipinski definition) is 0. The number of methoxy groups -OCH3 is 1. The lowest BCUT2D eigenvalue weighted by atomic mass is 9.87. The van der Waals surface area contributed by atoms with Crippen molar-refractivity contribution in [3.8, 4) is 34.3 Å². The van der Waals surface area contributed by atoms with E-state index in [-0.39, 0.29) is 6.79 Å². The average molecular weight is 428 g/mol. The second-order valence-corrected chi connectivity index (χ2v) is 7.88. The van der Waals surface area contributed by atoms with E-state index in [0.717, 1.165) is 46.2 Å². The van der Waals surface area contributed by atoms with Crippen LogP contribution < -0.4 is 24.6 Å². The predicted molar refractivity (Wildman–Crippen MR) is 119 cm³/mol. The maximum absolute atomic E-state index is 12.9. The summed E-state index contributed by atoms with van der Waals surface area (Å²) in [4.78, 5) is 12.9. The summed E-state index contributed by atoms with van der Waals surface area (Å²) in [6.45, 7) is 0.604.